The molecule has 3 N–H and O–H groups in total. The minimum atomic E-state index is -0.251. The van der Waals surface area contributed by atoms with Crippen LogP contribution in [0.1, 0.15) is 12.0 Å². The zero-order chi connectivity index (χ0) is 11.4. The second kappa shape index (κ2) is 5.09. The number of benzene rings is 1. The Morgan fingerprint density at radius 3 is 2.80 bits per heavy atom. The van der Waals surface area contributed by atoms with Crippen LogP contribution in [0.15, 0.2) is 18.2 Å². The van der Waals surface area contributed by atoms with Gasteiger partial charge in [0.15, 0.2) is 0 Å². The maximum atomic E-state index is 11.4. The molecule has 15 heavy (non-hydrogen) atoms. The second-order valence-electron chi connectivity index (χ2n) is 3.12. The topological polar surface area (TPSA) is 55.1 Å². The molecule has 1 aromatic rings. The van der Waals surface area contributed by atoms with Gasteiger partial charge in [-0.15, -0.1) is 0 Å². The normalized spacial score (nSPS) is 9.73. The minimum Gasteiger partial charge on any atom is -0.393 e. The Kier molecular flexibility index (Phi) is 4.05. The third-order valence-electron chi connectivity index (χ3n) is 1.82. The first-order chi connectivity index (χ1) is 7.00. The fourth-order valence-corrected chi connectivity index (χ4v) is 1.53. The van der Waals surface area contributed by atoms with E-state index in [1.807, 2.05) is 19.1 Å². The predicted molar refractivity (Wildman–Crippen MR) is 66.2 cm³/mol. The molecule has 0 unspecified atom stereocenters. The Balaban J connectivity index is 2.80. The fourth-order valence-electron chi connectivity index (χ4n) is 1.13. The molecule has 0 aliphatic heterocycles. The lowest BCUT2D eigenvalue weighted by Gasteiger charge is -2.09. The van der Waals surface area contributed by atoms with Crippen LogP contribution in [-0.4, -0.2) is 10.9 Å². The van der Waals surface area contributed by atoms with Crippen LogP contribution in [-0.2, 0) is 4.79 Å². The maximum Gasteiger partial charge on any atom is 0.231 e. The largest absolute Gasteiger partial charge is 0.393 e. The summed E-state index contributed by atoms with van der Waals surface area (Å²) in [5.41, 5.74) is 6.77. The van der Waals surface area contributed by atoms with Crippen molar-refractivity contribution in [2.24, 2.45) is 5.73 Å². The Labute approximate surface area is 98.6 Å². The monoisotopic (exact) mass is 242 g/mol. The number of carbonyl (C=O) groups is 1. The van der Waals surface area contributed by atoms with Crippen LogP contribution in [0, 0.1) is 6.92 Å². The van der Waals surface area contributed by atoms with Crippen LogP contribution in [0.5, 0.6) is 0 Å². The van der Waals surface area contributed by atoms with Gasteiger partial charge in [0, 0.05) is 0 Å². The molecule has 80 valence electrons. The van der Waals surface area contributed by atoms with Crippen molar-refractivity contribution < 1.29 is 4.79 Å². The van der Waals surface area contributed by atoms with E-state index in [-0.39, 0.29) is 17.3 Å². The maximum absolute atomic E-state index is 11.4. The summed E-state index contributed by atoms with van der Waals surface area (Å²) >= 11 is 10.6. The van der Waals surface area contributed by atoms with Crippen molar-refractivity contribution in [1.82, 2.24) is 0 Å². The third kappa shape index (κ3) is 3.49. The molecular formula is C10H11ClN2OS. The van der Waals surface area contributed by atoms with Crippen molar-refractivity contribution in [3.63, 3.8) is 0 Å². The number of para-hydroxylation sites is 1. The molecule has 1 amide bonds. The van der Waals surface area contributed by atoms with Crippen LogP contribution >= 0.6 is 23.8 Å². The number of thiocarbonyl (C=S) groups is 1. The van der Waals surface area contributed by atoms with E-state index in [0.717, 1.165) is 5.56 Å². The van der Waals surface area contributed by atoms with Crippen LogP contribution < -0.4 is 11.1 Å². The van der Waals surface area contributed by atoms with E-state index in [2.05, 4.69) is 17.5 Å². The number of halogens is 1. The van der Waals surface area contributed by atoms with E-state index in [4.69, 9.17) is 17.3 Å². The minimum absolute atomic E-state index is 0.0278. The molecule has 1 aromatic carbocycles. The Morgan fingerprint density at radius 1 is 1.60 bits per heavy atom. The predicted octanol–water partition coefficient (Wildman–Crippen LogP) is 2.26. The van der Waals surface area contributed by atoms with Crippen LogP contribution in [0.4, 0.5) is 5.69 Å². The average molecular weight is 243 g/mol. The Morgan fingerprint density at radius 2 is 2.27 bits per heavy atom. The first-order valence-electron chi connectivity index (χ1n) is 4.34. The number of hydrogen-bond acceptors (Lipinski definition) is 2. The second-order valence-corrected chi connectivity index (χ2v) is 4.05. The van der Waals surface area contributed by atoms with E-state index in [1.54, 1.807) is 6.07 Å². The Bertz CT molecular complexity index is 386. The van der Waals surface area contributed by atoms with Crippen molar-refractivity contribution in [2.45, 2.75) is 13.3 Å². The summed E-state index contributed by atoms with van der Waals surface area (Å²) < 4.78 is 0. The summed E-state index contributed by atoms with van der Waals surface area (Å²) in [5, 5.41) is 3.18. The standard InChI is InChI=1S/C10H11ClN2OS/c1-6-3-2-4-7(11)10(6)13-9(14)5-8(12)15/h2-4H,5H2,1H3,(H2,12,15)(H,13,14). The smallest absolute Gasteiger partial charge is 0.231 e. The molecule has 0 fully saturated rings. The highest BCUT2D eigenvalue weighted by Crippen LogP contribution is 2.25. The molecule has 3 nitrogen and oxygen atoms in total. The number of anilines is 1. The molecule has 0 atom stereocenters. The molecule has 5 heteroatoms. The Hall–Kier alpha value is -1.13. The highest BCUT2D eigenvalue weighted by molar-refractivity contribution is 7.80. The summed E-state index contributed by atoms with van der Waals surface area (Å²) in [5.74, 6) is -0.251. The van der Waals surface area contributed by atoms with Crippen LogP contribution in [0.25, 0.3) is 0 Å². The first-order valence-corrected chi connectivity index (χ1v) is 5.12. The van der Waals surface area contributed by atoms with Gasteiger partial charge in [-0.25, -0.2) is 0 Å². The van der Waals surface area contributed by atoms with E-state index in [0.29, 0.717) is 10.7 Å². The summed E-state index contributed by atoms with van der Waals surface area (Å²) in [6, 6.07) is 5.40. The van der Waals surface area contributed by atoms with Gasteiger partial charge in [0.25, 0.3) is 0 Å². The SMILES string of the molecule is Cc1cccc(Cl)c1NC(=O)CC(N)=S. The van der Waals surface area contributed by atoms with E-state index in [9.17, 15) is 4.79 Å². The first kappa shape index (κ1) is 11.9. The summed E-state index contributed by atoms with van der Waals surface area (Å²) in [4.78, 5) is 11.6. The van der Waals surface area contributed by atoms with Gasteiger partial charge in [-0.1, -0.05) is 36.0 Å². The molecule has 0 radical (unpaired) electrons. The molecule has 0 heterocycles. The summed E-state index contributed by atoms with van der Waals surface area (Å²) in [7, 11) is 0. The van der Waals surface area contributed by atoms with E-state index < -0.39 is 0 Å². The van der Waals surface area contributed by atoms with E-state index in [1.165, 1.54) is 0 Å². The van der Waals surface area contributed by atoms with Crippen molar-refractivity contribution >= 4 is 40.4 Å². The zero-order valence-electron chi connectivity index (χ0n) is 8.21. The number of carbonyl (C=O) groups excluding carboxylic acids is 1. The van der Waals surface area contributed by atoms with Gasteiger partial charge in [-0.05, 0) is 18.6 Å². The molecular weight excluding hydrogens is 232 g/mol. The van der Waals surface area contributed by atoms with E-state index >= 15 is 0 Å². The third-order valence-corrected chi connectivity index (χ3v) is 2.28. The fraction of sp³-hybridized carbons (Fsp3) is 0.200. The molecule has 0 saturated heterocycles. The van der Waals surface area contributed by atoms with Crippen molar-refractivity contribution in [2.75, 3.05) is 5.32 Å². The van der Waals surface area contributed by atoms with Gasteiger partial charge in [-0.3, -0.25) is 4.79 Å². The number of nitrogens with two attached hydrogens (primary N) is 1. The highest BCUT2D eigenvalue weighted by atomic mass is 35.5. The van der Waals surface area contributed by atoms with Gasteiger partial charge in [-0.2, -0.15) is 0 Å². The van der Waals surface area contributed by atoms with Crippen molar-refractivity contribution in [3.05, 3.63) is 28.8 Å². The summed E-state index contributed by atoms with van der Waals surface area (Å²) in [6.07, 6.45) is 0.0278. The number of aryl methyl sites for hydroxylation is 1. The molecule has 0 aliphatic carbocycles. The number of amides is 1. The number of hydrogen-bond donors (Lipinski definition) is 2. The average Bonchev–Trinajstić information content (AvgIpc) is 2.10. The van der Waals surface area contributed by atoms with Crippen molar-refractivity contribution in [1.29, 1.82) is 0 Å². The molecule has 0 aromatic heterocycles. The molecule has 0 spiro atoms. The molecule has 0 saturated carbocycles. The van der Waals surface area contributed by atoms with Gasteiger partial charge in [0.05, 0.1) is 22.1 Å². The van der Waals surface area contributed by atoms with Crippen molar-refractivity contribution in [3.8, 4) is 0 Å². The van der Waals surface area contributed by atoms with Gasteiger partial charge in [0.2, 0.25) is 5.91 Å². The quantitative estimate of drug-likeness (QED) is 0.800. The van der Waals surface area contributed by atoms with Gasteiger partial charge in [0.1, 0.15) is 0 Å². The summed E-state index contributed by atoms with van der Waals surface area (Å²) in [6.45, 7) is 1.86. The number of rotatable bonds is 3. The highest BCUT2D eigenvalue weighted by Gasteiger charge is 2.08. The zero-order valence-corrected chi connectivity index (χ0v) is 9.78. The van der Waals surface area contributed by atoms with Crippen LogP contribution in [0.3, 0.4) is 0 Å². The number of nitrogens with one attached hydrogen (secondary N) is 1. The lowest BCUT2D eigenvalue weighted by atomic mass is 10.2. The lowest BCUT2D eigenvalue weighted by molar-refractivity contribution is -0.115. The molecule has 0 bridgehead atoms. The lowest BCUT2D eigenvalue weighted by Crippen LogP contribution is -2.20. The van der Waals surface area contributed by atoms with Crippen LogP contribution in [0.2, 0.25) is 5.02 Å². The van der Waals surface area contributed by atoms with Gasteiger partial charge >= 0.3 is 0 Å². The molecule has 0 aliphatic rings. The molecule has 1 rings (SSSR count). The van der Waals surface area contributed by atoms with Gasteiger partial charge < -0.3 is 11.1 Å².